The van der Waals surface area contributed by atoms with Gasteiger partial charge in [-0.1, -0.05) is 31.5 Å². The van der Waals surface area contributed by atoms with Gasteiger partial charge >= 0.3 is 0 Å². The summed E-state index contributed by atoms with van der Waals surface area (Å²) in [7, 11) is 0. The third kappa shape index (κ3) is 1.93. The van der Waals surface area contributed by atoms with Crippen molar-refractivity contribution in [3.8, 4) is 5.69 Å². The van der Waals surface area contributed by atoms with Crippen molar-refractivity contribution in [2.45, 2.75) is 19.8 Å². The molecular weight excluding hydrogens is 240 g/mol. The number of nitrogens with one attached hydrogen (secondary N) is 1. The molecule has 0 aliphatic rings. The summed E-state index contributed by atoms with van der Waals surface area (Å²) < 4.78 is 1.67. The fourth-order valence-electron chi connectivity index (χ4n) is 2.18. The number of para-hydroxylation sites is 1. The van der Waals surface area contributed by atoms with E-state index in [-0.39, 0.29) is 5.56 Å². The summed E-state index contributed by atoms with van der Waals surface area (Å²) in [6.45, 7) is 2.08. The van der Waals surface area contributed by atoms with E-state index in [0.717, 1.165) is 24.2 Å². The van der Waals surface area contributed by atoms with Crippen molar-refractivity contribution in [2.24, 2.45) is 0 Å². The number of fused-ring (bicyclic) bond motifs is 1. The minimum absolute atomic E-state index is 0.163. The Balaban J connectivity index is 2.33. The minimum atomic E-state index is -0.163. The Labute approximate surface area is 109 Å². The van der Waals surface area contributed by atoms with Crippen molar-refractivity contribution >= 4 is 11.0 Å². The number of rotatable bonds is 3. The Kier molecular flexibility index (Phi) is 2.87. The zero-order valence-electron chi connectivity index (χ0n) is 10.6. The molecule has 5 nitrogen and oxygen atoms in total. The predicted octanol–water partition coefficient (Wildman–Crippen LogP) is 2.06. The number of benzene rings is 1. The maximum atomic E-state index is 12.0. The third-order valence-corrected chi connectivity index (χ3v) is 3.02. The van der Waals surface area contributed by atoms with Crippen LogP contribution in [0.2, 0.25) is 0 Å². The second-order valence-corrected chi connectivity index (χ2v) is 4.37. The van der Waals surface area contributed by atoms with E-state index in [1.54, 1.807) is 4.68 Å². The zero-order valence-corrected chi connectivity index (χ0v) is 10.6. The molecule has 0 atom stereocenters. The molecule has 2 aromatic heterocycles. The first-order valence-corrected chi connectivity index (χ1v) is 6.32. The summed E-state index contributed by atoms with van der Waals surface area (Å²) in [4.78, 5) is 18.9. The van der Waals surface area contributed by atoms with Crippen molar-refractivity contribution in [1.82, 2.24) is 19.7 Å². The summed E-state index contributed by atoms with van der Waals surface area (Å²) in [5.74, 6) is 0. The van der Waals surface area contributed by atoms with Gasteiger partial charge < -0.3 is 4.98 Å². The Morgan fingerprint density at radius 2 is 2.05 bits per heavy atom. The predicted molar refractivity (Wildman–Crippen MR) is 73.5 cm³/mol. The van der Waals surface area contributed by atoms with Crippen molar-refractivity contribution in [2.75, 3.05) is 0 Å². The highest BCUT2D eigenvalue weighted by Gasteiger charge is 2.15. The number of aromatic nitrogens is 4. The SMILES string of the molecule is CCCc1nn(-c2ccccc2)c2c(=O)[nH]cnc12. The van der Waals surface area contributed by atoms with Gasteiger partial charge in [0.25, 0.3) is 5.56 Å². The van der Waals surface area contributed by atoms with E-state index in [1.165, 1.54) is 6.33 Å². The van der Waals surface area contributed by atoms with Gasteiger partial charge in [0.15, 0.2) is 5.52 Å². The highest BCUT2D eigenvalue weighted by Crippen LogP contribution is 2.18. The van der Waals surface area contributed by atoms with Gasteiger partial charge in [-0.25, -0.2) is 9.67 Å². The molecule has 5 heteroatoms. The molecule has 2 heterocycles. The van der Waals surface area contributed by atoms with Crippen molar-refractivity contribution in [3.63, 3.8) is 0 Å². The molecule has 0 saturated carbocycles. The maximum Gasteiger partial charge on any atom is 0.277 e. The number of aromatic amines is 1. The molecule has 0 bridgehead atoms. The molecular formula is C14H14N4O. The Bertz CT molecular complexity index is 758. The molecule has 0 aliphatic carbocycles. The average Bonchev–Trinajstić information content (AvgIpc) is 2.81. The lowest BCUT2D eigenvalue weighted by atomic mass is 10.2. The third-order valence-electron chi connectivity index (χ3n) is 3.02. The Hall–Kier alpha value is -2.43. The number of hydrogen-bond donors (Lipinski definition) is 1. The van der Waals surface area contributed by atoms with Crippen molar-refractivity contribution in [1.29, 1.82) is 0 Å². The average molecular weight is 254 g/mol. The van der Waals surface area contributed by atoms with Crippen LogP contribution in [0.3, 0.4) is 0 Å². The van der Waals surface area contributed by atoms with Crippen molar-refractivity contribution in [3.05, 3.63) is 52.7 Å². The number of H-pyrrole nitrogens is 1. The molecule has 19 heavy (non-hydrogen) atoms. The van der Waals surface area contributed by atoms with E-state index in [1.807, 2.05) is 30.3 Å². The topological polar surface area (TPSA) is 63.6 Å². The van der Waals surface area contributed by atoms with E-state index in [2.05, 4.69) is 22.0 Å². The van der Waals surface area contributed by atoms with Crippen LogP contribution >= 0.6 is 0 Å². The van der Waals surface area contributed by atoms with Crippen LogP contribution in [0.15, 0.2) is 41.5 Å². The van der Waals surface area contributed by atoms with Gasteiger partial charge in [-0.3, -0.25) is 4.79 Å². The first-order valence-electron chi connectivity index (χ1n) is 6.32. The second-order valence-electron chi connectivity index (χ2n) is 4.37. The van der Waals surface area contributed by atoms with Gasteiger partial charge in [-0.15, -0.1) is 0 Å². The fourth-order valence-corrected chi connectivity index (χ4v) is 2.18. The first-order chi connectivity index (χ1) is 9.31. The van der Waals surface area contributed by atoms with Crippen LogP contribution in [0, 0.1) is 0 Å². The first kappa shape index (κ1) is 11.6. The van der Waals surface area contributed by atoms with Crippen LogP contribution < -0.4 is 5.56 Å². The van der Waals surface area contributed by atoms with E-state index >= 15 is 0 Å². The summed E-state index contributed by atoms with van der Waals surface area (Å²) in [6.07, 6.45) is 3.21. The molecule has 0 saturated heterocycles. The monoisotopic (exact) mass is 254 g/mol. The second kappa shape index (κ2) is 4.68. The minimum Gasteiger partial charge on any atom is -0.311 e. The summed E-state index contributed by atoms with van der Waals surface area (Å²) in [6, 6.07) is 9.63. The Morgan fingerprint density at radius 1 is 1.26 bits per heavy atom. The van der Waals surface area contributed by atoms with Crippen LogP contribution in [-0.2, 0) is 6.42 Å². The summed E-state index contributed by atoms with van der Waals surface area (Å²) in [5, 5.41) is 4.54. The molecule has 96 valence electrons. The lowest BCUT2D eigenvalue weighted by molar-refractivity contribution is 0.818. The molecule has 1 N–H and O–H groups in total. The van der Waals surface area contributed by atoms with E-state index < -0.39 is 0 Å². The fraction of sp³-hybridized carbons (Fsp3) is 0.214. The maximum absolute atomic E-state index is 12.0. The zero-order chi connectivity index (χ0) is 13.2. The number of hydrogen-bond acceptors (Lipinski definition) is 3. The molecule has 0 aliphatic heterocycles. The molecule has 0 unspecified atom stereocenters. The lowest BCUT2D eigenvalue weighted by Crippen LogP contribution is -2.10. The Morgan fingerprint density at radius 3 is 2.79 bits per heavy atom. The smallest absolute Gasteiger partial charge is 0.277 e. The van der Waals surface area contributed by atoms with E-state index in [0.29, 0.717) is 11.0 Å². The molecule has 1 aromatic carbocycles. The van der Waals surface area contributed by atoms with Gasteiger partial charge in [0.2, 0.25) is 0 Å². The van der Waals surface area contributed by atoms with Gasteiger partial charge in [-0.05, 0) is 18.6 Å². The molecule has 0 spiro atoms. The number of nitrogens with zero attached hydrogens (tertiary/aromatic N) is 3. The molecule has 3 rings (SSSR count). The van der Waals surface area contributed by atoms with Crippen LogP contribution in [0.1, 0.15) is 19.0 Å². The summed E-state index contributed by atoms with van der Waals surface area (Å²) in [5.41, 5.74) is 2.77. The van der Waals surface area contributed by atoms with Crippen LogP contribution in [0.25, 0.3) is 16.7 Å². The van der Waals surface area contributed by atoms with Gasteiger partial charge in [-0.2, -0.15) is 5.10 Å². The van der Waals surface area contributed by atoms with Gasteiger partial charge in [0, 0.05) is 0 Å². The van der Waals surface area contributed by atoms with Crippen LogP contribution in [-0.4, -0.2) is 19.7 Å². The molecule has 3 aromatic rings. The van der Waals surface area contributed by atoms with E-state index in [9.17, 15) is 4.79 Å². The highest BCUT2D eigenvalue weighted by molar-refractivity contribution is 5.78. The molecule has 0 amide bonds. The quantitative estimate of drug-likeness (QED) is 0.778. The lowest BCUT2D eigenvalue weighted by Gasteiger charge is -2.01. The normalized spacial score (nSPS) is 11.0. The van der Waals surface area contributed by atoms with Gasteiger partial charge in [0.05, 0.1) is 17.7 Å². The van der Waals surface area contributed by atoms with E-state index in [4.69, 9.17) is 0 Å². The van der Waals surface area contributed by atoms with Gasteiger partial charge in [0.1, 0.15) is 5.52 Å². The highest BCUT2D eigenvalue weighted by atomic mass is 16.1. The molecule has 0 fully saturated rings. The van der Waals surface area contributed by atoms with Crippen LogP contribution in [0.4, 0.5) is 0 Å². The molecule has 0 radical (unpaired) electrons. The largest absolute Gasteiger partial charge is 0.311 e. The standard InChI is InChI=1S/C14H14N4O/c1-2-6-11-12-13(14(19)16-9-15-12)18(17-11)10-7-4-3-5-8-10/h3-5,7-9H,2,6H2,1H3,(H,15,16,19). The summed E-state index contributed by atoms with van der Waals surface area (Å²) >= 11 is 0. The van der Waals surface area contributed by atoms with Crippen molar-refractivity contribution < 1.29 is 0 Å². The van der Waals surface area contributed by atoms with Crippen LogP contribution in [0.5, 0.6) is 0 Å². The number of aryl methyl sites for hydroxylation is 1.